The maximum absolute atomic E-state index is 12.5. The van der Waals surface area contributed by atoms with E-state index in [1.807, 2.05) is 31.2 Å². The van der Waals surface area contributed by atoms with Crippen molar-refractivity contribution >= 4 is 5.91 Å². The first kappa shape index (κ1) is 16.5. The molecule has 0 unspecified atom stereocenters. The molecule has 0 N–H and O–H groups in total. The number of nitrogens with zero attached hydrogens (tertiary/aromatic N) is 4. The number of ether oxygens (including phenoxy) is 1. The van der Waals surface area contributed by atoms with Crippen LogP contribution in [0.5, 0.6) is 5.75 Å². The lowest BCUT2D eigenvalue weighted by Crippen LogP contribution is -2.41. The molecule has 1 aromatic carbocycles. The van der Waals surface area contributed by atoms with Gasteiger partial charge < -0.3 is 14.2 Å². The van der Waals surface area contributed by atoms with Crippen molar-refractivity contribution in [2.75, 3.05) is 13.2 Å². The second kappa shape index (κ2) is 6.26. The van der Waals surface area contributed by atoms with Gasteiger partial charge in [0, 0.05) is 13.1 Å². The van der Waals surface area contributed by atoms with Crippen molar-refractivity contribution in [2.45, 2.75) is 46.2 Å². The summed E-state index contributed by atoms with van der Waals surface area (Å²) in [5, 5.41) is 8.20. The van der Waals surface area contributed by atoms with E-state index in [-0.39, 0.29) is 17.9 Å². The van der Waals surface area contributed by atoms with Gasteiger partial charge in [0.05, 0.1) is 6.54 Å². The van der Waals surface area contributed by atoms with Gasteiger partial charge in [0.1, 0.15) is 11.6 Å². The fourth-order valence-electron chi connectivity index (χ4n) is 2.96. The molecular formula is C18H24N4O2. The van der Waals surface area contributed by atoms with E-state index in [0.717, 1.165) is 29.5 Å². The molecule has 1 aromatic heterocycles. The summed E-state index contributed by atoms with van der Waals surface area (Å²) >= 11 is 0. The summed E-state index contributed by atoms with van der Waals surface area (Å²) < 4.78 is 7.89. The van der Waals surface area contributed by atoms with Crippen LogP contribution in [0.2, 0.25) is 0 Å². The van der Waals surface area contributed by atoms with Gasteiger partial charge in [0.2, 0.25) is 0 Å². The molecule has 0 saturated heterocycles. The fourth-order valence-corrected chi connectivity index (χ4v) is 2.96. The van der Waals surface area contributed by atoms with E-state index in [9.17, 15) is 4.79 Å². The van der Waals surface area contributed by atoms with Gasteiger partial charge in [0.15, 0.2) is 12.4 Å². The second-order valence-corrected chi connectivity index (χ2v) is 7.17. The van der Waals surface area contributed by atoms with E-state index >= 15 is 0 Å². The second-order valence-electron chi connectivity index (χ2n) is 7.17. The van der Waals surface area contributed by atoms with Crippen LogP contribution >= 0.6 is 0 Å². The zero-order valence-corrected chi connectivity index (χ0v) is 14.7. The highest BCUT2D eigenvalue weighted by Gasteiger charge is 2.24. The van der Waals surface area contributed by atoms with Crippen molar-refractivity contribution < 1.29 is 9.53 Å². The van der Waals surface area contributed by atoms with E-state index < -0.39 is 0 Å². The summed E-state index contributed by atoms with van der Waals surface area (Å²) in [6.45, 7) is 10.3. The molecule has 0 fully saturated rings. The molecule has 3 rings (SSSR count). The lowest BCUT2D eigenvalue weighted by Gasteiger charge is -2.28. The molecule has 6 nitrogen and oxygen atoms in total. The smallest absolute Gasteiger partial charge is 0.260 e. The summed E-state index contributed by atoms with van der Waals surface area (Å²) in [6.07, 6.45) is 0. The van der Waals surface area contributed by atoms with Gasteiger partial charge in [-0.15, -0.1) is 10.2 Å². The molecule has 1 aliphatic heterocycles. The highest BCUT2D eigenvalue weighted by atomic mass is 16.5. The predicted octanol–water partition coefficient (Wildman–Crippen LogP) is 2.31. The van der Waals surface area contributed by atoms with E-state index in [1.54, 1.807) is 4.90 Å². The average molecular weight is 328 g/mol. The first-order valence-electron chi connectivity index (χ1n) is 8.25. The van der Waals surface area contributed by atoms with Gasteiger partial charge in [-0.2, -0.15) is 0 Å². The zero-order chi connectivity index (χ0) is 17.3. The summed E-state index contributed by atoms with van der Waals surface area (Å²) in [6, 6.07) is 7.90. The van der Waals surface area contributed by atoms with Crippen molar-refractivity contribution in [3.63, 3.8) is 0 Å². The highest BCUT2D eigenvalue weighted by Crippen LogP contribution is 2.30. The van der Waals surface area contributed by atoms with E-state index in [1.165, 1.54) is 0 Å². The SMILES string of the molecule is Cc1nnc2n1CCN(C(=O)COc1ccccc1C(C)(C)C)C2. The third kappa shape index (κ3) is 3.27. The number of amides is 1. The Kier molecular flexibility index (Phi) is 4.30. The van der Waals surface area contributed by atoms with Crippen molar-refractivity contribution in [3.05, 3.63) is 41.5 Å². The molecule has 2 heterocycles. The van der Waals surface area contributed by atoms with Gasteiger partial charge in [-0.05, 0) is 24.0 Å². The number of hydrogen-bond acceptors (Lipinski definition) is 4. The van der Waals surface area contributed by atoms with Crippen molar-refractivity contribution in [2.24, 2.45) is 0 Å². The molecule has 0 spiro atoms. The number of carbonyl (C=O) groups excluding carboxylic acids is 1. The number of fused-ring (bicyclic) bond motifs is 1. The van der Waals surface area contributed by atoms with E-state index in [2.05, 4.69) is 35.5 Å². The minimum atomic E-state index is -0.0291. The van der Waals surface area contributed by atoms with E-state index in [0.29, 0.717) is 13.1 Å². The molecule has 1 aliphatic rings. The molecule has 128 valence electrons. The normalized spacial score (nSPS) is 14.4. The Labute approximate surface area is 142 Å². The van der Waals surface area contributed by atoms with Gasteiger partial charge in [-0.25, -0.2) is 0 Å². The summed E-state index contributed by atoms with van der Waals surface area (Å²) in [5.41, 5.74) is 1.07. The largest absolute Gasteiger partial charge is 0.483 e. The van der Waals surface area contributed by atoms with E-state index in [4.69, 9.17) is 4.74 Å². The Morgan fingerprint density at radius 3 is 2.71 bits per heavy atom. The van der Waals surface area contributed by atoms with Crippen LogP contribution in [-0.4, -0.2) is 38.7 Å². The molecule has 2 aromatic rings. The molecule has 0 atom stereocenters. The van der Waals surface area contributed by atoms with Gasteiger partial charge in [-0.1, -0.05) is 39.0 Å². The zero-order valence-electron chi connectivity index (χ0n) is 14.7. The minimum Gasteiger partial charge on any atom is -0.483 e. The number of carbonyl (C=O) groups is 1. The Balaban J connectivity index is 1.65. The van der Waals surface area contributed by atoms with Crippen molar-refractivity contribution in [1.29, 1.82) is 0 Å². The van der Waals surface area contributed by atoms with Crippen LogP contribution in [0, 0.1) is 6.92 Å². The van der Waals surface area contributed by atoms with Crippen LogP contribution in [0.1, 0.15) is 38.0 Å². The van der Waals surface area contributed by atoms with Gasteiger partial charge in [-0.3, -0.25) is 4.79 Å². The number of benzene rings is 1. The molecule has 0 bridgehead atoms. The minimum absolute atomic E-state index is 0.0226. The topological polar surface area (TPSA) is 60.2 Å². The molecule has 0 aliphatic carbocycles. The number of rotatable bonds is 3. The Bertz CT molecular complexity index is 746. The maximum atomic E-state index is 12.5. The van der Waals surface area contributed by atoms with Crippen molar-refractivity contribution in [1.82, 2.24) is 19.7 Å². The van der Waals surface area contributed by atoms with Crippen LogP contribution in [-0.2, 0) is 23.3 Å². The highest BCUT2D eigenvalue weighted by molar-refractivity contribution is 5.77. The van der Waals surface area contributed by atoms with Crippen LogP contribution in [0.25, 0.3) is 0 Å². The summed E-state index contributed by atoms with van der Waals surface area (Å²) in [7, 11) is 0. The van der Waals surface area contributed by atoms with Crippen molar-refractivity contribution in [3.8, 4) is 5.75 Å². The number of aryl methyl sites for hydroxylation is 1. The monoisotopic (exact) mass is 328 g/mol. The van der Waals surface area contributed by atoms with Crippen LogP contribution in [0.3, 0.4) is 0 Å². The third-order valence-electron chi connectivity index (χ3n) is 4.34. The lowest BCUT2D eigenvalue weighted by atomic mass is 9.86. The Morgan fingerprint density at radius 1 is 1.21 bits per heavy atom. The number of hydrogen-bond donors (Lipinski definition) is 0. The predicted molar refractivity (Wildman–Crippen MR) is 90.8 cm³/mol. The fraction of sp³-hybridized carbons (Fsp3) is 0.500. The molecule has 0 radical (unpaired) electrons. The van der Waals surface area contributed by atoms with Crippen LogP contribution in [0.15, 0.2) is 24.3 Å². The maximum Gasteiger partial charge on any atom is 0.260 e. The summed E-state index contributed by atoms with van der Waals surface area (Å²) in [4.78, 5) is 14.3. The number of aromatic nitrogens is 3. The van der Waals surface area contributed by atoms with Crippen LogP contribution < -0.4 is 4.74 Å². The lowest BCUT2D eigenvalue weighted by molar-refractivity contribution is -0.134. The summed E-state index contributed by atoms with van der Waals surface area (Å²) in [5.74, 6) is 2.48. The first-order valence-corrected chi connectivity index (χ1v) is 8.25. The Hall–Kier alpha value is -2.37. The number of para-hydroxylation sites is 1. The van der Waals surface area contributed by atoms with Gasteiger partial charge >= 0.3 is 0 Å². The van der Waals surface area contributed by atoms with Crippen LogP contribution in [0.4, 0.5) is 0 Å². The molecule has 1 amide bonds. The first-order chi connectivity index (χ1) is 11.4. The molecule has 6 heteroatoms. The standard InChI is InChI=1S/C18H24N4O2/c1-13-19-20-16-11-21(9-10-22(13)16)17(23)12-24-15-8-6-5-7-14(15)18(2,3)4/h5-8H,9-12H2,1-4H3. The molecule has 0 saturated carbocycles. The average Bonchev–Trinajstić information content (AvgIpc) is 2.92. The third-order valence-corrected chi connectivity index (χ3v) is 4.34. The Morgan fingerprint density at radius 2 is 1.96 bits per heavy atom. The quantitative estimate of drug-likeness (QED) is 0.867. The molecular weight excluding hydrogens is 304 g/mol. The van der Waals surface area contributed by atoms with Gasteiger partial charge in [0.25, 0.3) is 5.91 Å². The molecule has 24 heavy (non-hydrogen) atoms.